The zero-order valence-electron chi connectivity index (χ0n) is 10.2. The lowest BCUT2D eigenvalue weighted by molar-refractivity contribution is 0.0601. The molecule has 0 spiro atoms. The zero-order chi connectivity index (χ0) is 12.7. The van der Waals surface area contributed by atoms with Crippen molar-refractivity contribution in [3.63, 3.8) is 0 Å². The highest BCUT2D eigenvalue weighted by molar-refractivity contribution is 5.96. The number of methoxy groups -OCH3 is 1. The van der Waals surface area contributed by atoms with Gasteiger partial charge in [-0.3, -0.25) is 0 Å². The number of fused-ring (bicyclic) bond motifs is 3. The van der Waals surface area contributed by atoms with Crippen molar-refractivity contribution in [3.05, 3.63) is 34.9 Å². The summed E-state index contributed by atoms with van der Waals surface area (Å²) in [4.78, 5) is 16.0. The third-order valence-corrected chi connectivity index (χ3v) is 3.51. The van der Waals surface area contributed by atoms with Gasteiger partial charge < -0.3 is 10.5 Å². The van der Waals surface area contributed by atoms with Crippen LogP contribution in [0, 0.1) is 0 Å². The van der Waals surface area contributed by atoms with E-state index in [1.807, 2.05) is 12.1 Å². The maximum atomic E-state index is 11.6. The van der Waals surface area contributed by atoms with E-state index in [0.29, 0.717) is 11.4 Å². The minimum absolute atomic E-state index is 0.319. The van der Waals surface area contributed by atoms with Crippen LogP contribution in [0.4, 0.5) is 5.82 Å². The van der Waals surface area contributed by atoms with Crippen LogP contribution >= 0.6 is 0 Å². The van der Waals surface area contributed by atoms with Gasteiger partial charge in [-0.2, -0.15) is 0 Å². The number of nitrogens with zero attached hydrogens (tertiary/aromatic N) is 1. The lowest BCUT2D eigenvalue weighted by atomic mass is 10.0. The quantitative estimate of drug-likeness (QED) is 0.778. The number of esters is 1. The Balaban J connectivity index is 2.27. The third kappa shape index (κ3) is 1.53. The molecule has 0 bridgehead atoms. The Labute approximate surface area is 105 Å². The zero-order valence-corrected chi connectivity index (χ0v) is 10.2. The number of rotatable bonds is 1. The van der Waals surface area contributed by atoms with E-state index >= 15 is 0 Å². The minimum atomic E-state index is -0.319. The number of hydrogen-bond donors (Lipinski definition) is 1. The van der Waals surface area contributed by atoms with Crippen LogP contribution in [0.1, 0.15) is 27.9 Å². The molecule has 1 heterocycles. The van der Waals surface area contributed by atoms with E-state index in [1.54, 1.807) is 6.07 Å². The largest absolute Gasteiger partial charge is 0.465 e. The summed E-state index contributed by atoms with van der Waals surface area (Å²) in [6, 6.07) is 5.41. The molecule has 0 unspecified atom stereocenters. The van der Waals surface area contributed by atoms with E-state index in [2.05, 4.69) is 4.98 Å². The first-order chi connectivity index (χ1) is 8.70. The van der Waals surface area contributed by atoms with Gasteiger partial charge in [-0.05, 0) is 48.6 Å². The van der Waals surface area contributed by atoms with Crippen LogP contribution in [-0.2, 0) is 17.6 Å². The number of nitrogen functional groups attached to an aromatic ring is 1. The first-order valence-corrected chi connectivity index (χ1v) is 6.00. The van der Waals surface area contributed by atoms with E-state index in [1.165, 1.54) is 12.7 Å². The van der Waals surface area contributed by atoms with Crippen LogP contribution in [0.3, 0.4) is 0 Å². The molecule has 0 atom stereocenters. The van der Waals surface area contributed by atoms with Gasteiger partial charge in [0.05, 0.1) is 18.2 Å². The Hall–Kier alpha value is -2.10. The molecule has 1 aliphatic carbocycles. The summed E-state index contributed by atoms with van der Waals surface area (Å²) in [7, 11) is 1.39. The molecule has 1 aliphatic rings. The Morgan fingerprint density at radius 1 is 1.33 bits per heavy atom. The molecule has 0 amide bonds. The Morgan fingerprint density at radius 2 is 2.11 bits per heavy atom. The Kier molecular flexibility index (Phi) is 2.44. The number of hydrogen-bond acceptors (Lipinski definition) is 4. The fourth-order valence-corrected chi connectivity index (χ4v) is 2.64. The molecule has 4 nitrogen and oxygen atoms in total. The molecule has 3 rings (SSSR count). The predicted molar refractivity (Wildman–Crippen MR) is 69.5 cm³/mol. The van der Waals surface area contributed by atoms with Gasteiger partial charge in [0.25, 0.3) is 0 Å². The molecule has 92 valence electrons. The standard InChI is InChI=1S/C14H14N2O2/c1-18-14(17)8-5-6-12-11(7-8)9-3-2-4-10(9)13(15)16-12/h5-7H,2-4H2,1H3,(H2,15,16). The highest BCUT2D eigenvalue weighted by Gasteiger charge is 2.19. The monoisotopic (exact) mass is 242 g/mol. The second-order valence-corrected chi connectivity index (χ2v) is 4.53. The summed E-state index contributed by atoms with van der Waals surface area (Å²) in [5.41, 5.74) is 9.75. The van der Waals surface area contributed by atoms with E-state index < -0.39 is 0 Å². The minimum Gasteiger partial charge on any atom is -0.465 e. The van der Waals surface area contributed by atoms with Gasteiger partial charge in [-0.25, -0.2) is 9.78 Å². The summed E-state index contributed by atoms with van der Waals surface area (Å²) in [5.74, 6) is 0.307. The molecule has 4 heteroatoms. The first-order valence-electron chi connectivity index (χ1n) is 6.00. The van der Waals surface area contributed by atoms with Crippen molar-refractivity contribution in [2.24, 2.45) is 0 Å². The molecular weight excluding hydrogens is 228 g/mol. The van der Waals surface area contributed by atoms with Crippen molar-refractivity contribution in [1.82, 2.24) is 4.98 Å². The topological polar surface area (TPSA) is 65.2 Å². The van der Waals surface area contributed by atoms with Crippen LogP contribution in [0.15, 0.2) is 18.2 Å². The number of carbonyl (C=O) groups excluding carboxylic acids is 1. The molecule has 1 aromatic heterocycles. The van der Waals surface area contributed by atoms with Gasteiger partial charge in [0.1, 0.15) is 5.82 Å². The Morgan fingerprint density at radius 3 is 2.89 bits per heavy atom. The summed E-state index contributed by atoms with van der Waals surface area (Å²) in [5, 5.41) is 1.03. The van der Waals surface area contributed by atoms with Crippen molar-refractivity contribution in [1.29, 1.82) is 0 Å². The molecule has 2 N–H and O–H groups in total. The maximum absolute atomic E-state index is 11.6. The summed E-state index contributed by atoms with van der Waals surface area (Å²) in [6.45, 7) is 0. The lowest BCUT2D eigenvalue weighted by Crippen LogP contribution is -2.03. The molecular formula is C14H14N2O2. The van der Waals surface area contributed by atoms with Gasteiger partial charge in [-0.1, -0.05) is 0 Å². The number of nitrogens with two attached hydrogens (primary N) is 1. The number of anilines is 1. The SMILES string of the molecule is COC(=O)c1ccc2nc(N)c3c(c2c1)CCC3. The second kappa shape index (κ2) is 3.98. The molecule has 0 radical (unpaired) electrons. The van der Waals surface area contributed by atoms with Crippen LogP contribution in [0.2, 0.25) is 0 Å². The summed E-state index contributed by atoms with van der Waals surface area (Å²) < 4.78 is 4.74. The van der Waals surface area contributed by atoms with E-state index in [9.17, 15) is 4.79 Å². The van der Waals surface area contributed by atoms with Crippen LogP contribution < -0.4 is 5.73 Å². The molecule has 18 heavy (non-hydrogen) atoms. The van der Waals surface area contributed by atoms with Gasteiger partial charge in [0, 0.05) is 5.39 Å². The first kappa shape index (κ1) is 11.0. The van der Waals surface area contributed by atoms with Crippen LogP contribution in [0.25, 0.3) is 10.9 Å². The van der Waals surface area contributed by atoms with Crippen molar-refractivity contribution in [2.75, 3.05) is 12.8 Å². The van der Waals surface area contributed by atoms with E-state index in [4.69, 9.17) is 10.5 Å². The van der Waals surface area contributed by atoms with Crippen LogP contribution in [-0.4, -0.2) is 18.1 Å². The smallest absolute Gasteiger partial charge is 0.337 e. The van der Waals surface area contributed by atoms with Crippen molar-refractivity contribution in [3.8, 4) is 0 Å². The van der Waals surface area contributed by atoms with Gasteiger partial charge >= 0.3 is 5.97 Å². The molecule has 2 aromatic rings. The normalized spacial score (nSPS) is 13.6. The number of pyridine rings is 1. The van der Waals surface area contributed by atoms with E-state index in [0.717, 1.165) is 35.7 Å². The average Bonchev–Trinajstić information content (AvgIpc) is 2.88. The number of aryl methyl sites for hydroxylation is 1. The molecule has 0 saturated heterocycles. The number of carbonyl (C=O) groups is 1. The molecule has 1 aromatic carbocycles. The lowest BCUT2D eigenvalue weighted by Gasteiger charge is -2.09. The number of aromatic nitrogens is 1. The highest BCUT2D eigenvalue weighted by Crippen LogP contribution is 2.32. The fourth-order valence-electron chi connectivity index (χ4n) is 2.64. The molecule has 0 saturated carbocycles. The number of ether oxygens (including phenoxy) is 1. The number of benzene rings is 1. The summed E-state index contributed by atoms with van der Waals surface area (Å²) in [6.07, 6.45) is 3.08. The second-order valence-electron chi connectivity index (χ2n) is 4.53. The average molecular weight is 242 g/mol. The van der Waals surface area contributed by atoms with Crippen molar-refractivity contribution >= 4 is 22.7 Å². The van der Waals surface area contributed by atoms with Crippen molar-refractivity contribution < 1.29 is 9.53 Å². The highest BCUT2D eigenvalue weighted by atomic mass is 16.5. The maximum Gasteiger partial charge on any atom is 0.337 e. The van der Waals surface area contributed by atoms with Crippen molar-refractivity contribution in [2.45, 2.75) is 19.3 Å². The predicted octanol–water partition coefficient (Wildman–Crippen LogP) is 2.09. The third-order valence-electron chi connectivity index (χ3n) is 3.51. The summed E-state index contributed by atoms with van der Waals surface area (Å²) >= 11 is 0. The van der Waals surface area contributed by atoms with Gasteiger partial charge in [-0.15, -0.1) is 0 Å². The van der Waals surface area contributed by atoms with Crippen LogP contribution in [0.5, 0.6) is 0 Å². The molecule has 0 aliphatic heterocycles. The van der Waals surface area contributed by atoms with Gasteiger partial charge in [0.15, 0.2) is 0 Å². The fraction of sp³-hybridized carbons (Fsp3) is 0.286. The Bertz CT molecular complexity index is 650. The van der Waals surface area contributed by atoms with Gasteiger partial charge in [0.2, 0.25) is 0 Å². The van der Waals surface area contributed by atoms with E-state index in [-0.39, 0.29) is 5.97 Å². The molecule has 0 fully saturated rings.